The summed E-state index contributed by atoms with van der Waals surface area (Å²) >= 11 is 0. The SMILES string of the molecule is Cc1cc(C)cc(N(CCC#N)C(=O)COC(=O)/C=C/c2ccccc2F)c1. The van der Waals surface area contributed by atoms with Gasteiger partial charge in [0, 0.05) is 23.9 Å². The summed E-state index contributed by atoms with van der Waals surface area (Å²) in [5.74, 6) is -1.65. The fraction of sp³-hybridized carbons (Fsp3) is 0.227. The first-order chi connectivity index (χ1) is 13.4. The number of benzene rings is 2. The molecule has 0 aliphatic heterocycles. The molecule has 2 rings (SSSR count). The van der Waals surface area contributed by atoms with Gasteiger partial charge in [0.25, 0.3) is 5.91 Å². The van der Waals surface area contributed by atoms with Crippen LogP contribution < -0.4 is 4.90 Å². The second-order valence-corrected chi connectivity index (χ2v) is 6.26. The van der Waals surface area contributed by atoms with Crippen LogP contribution in [0.4, 0.5) is 10.1 Å². The number of anilines is 1. The number of rotatable bonds is 7. The summed E-state index contributed by atoms with van der Waals surface area (Å²) in [5, 5.41) is 8.86. The molecule has 0 N–H and O–H groups in total. The Bertz CT molecular complexity index is 911. The van der Waals surface area contributed by atoms with E-state index in [1.54, 1.807) is 12.1 Å². The molecule has 0 aliphatic carbocycles. The first-order valence-electron chi connectivity index (χ1n) is 8.75. The summed E-state index contributed by atoms with van der Waals surface area (Å²) < 4.78 is 18.5. The number of hydrogen-bond donors (Lipinski definition) is 0. The maximum atomic E-state index is 13.5. The number of halogens is 1. The molecule has 0 aromatic heterocycles. The van der Waals surface area contributed by atoms with Crippen molar-refractivity contribution >= 4 is 23.6 Å². The summed E-state index contributed by atoms with van der Waals surface area (Å²) in [5.41, 5.74) is 2.86. The molecule has 5 nitrogen and oxygen atoms in total. The average molecular weight is 380 g/mol. The fourth-order valence-corrected chi connectivity index (χ4v) is 2.69. The average Bonchev–Trinajstić information content (AvgIpc) is 2.65. The van der Waals surface area contributed by atoms with Gasteiger partial charge in [-0.05, 0) is 49.2 Å². The van der Waals surface area contributed by atoms with Gasteiger partial charge in [0.05, 0.1) is 12.5 Å². The Balaban J connectivity index is 2.04. The Morgan fingerprint density at radius 1 is 1.18 bits per heavy atom. The number of amides is 1. The number of hydrogen-bond acceptors (Lipinski definition) is 4. The highest BCUT2D eigenvalue weighted by Gasteiger charge is 2.17. The molecule has 6 heteroatoms. The van der Waals surface area contributed by atoms with E-state index >= 15 is 0 Å². The second-order valence-electron chi connectivity index (χ2n) is 6.26. The molecule has 144 valence electrons. The van der Waals surface area contributed by atoms with Crippen LogP contribution >= 0.6 is 0 Å². The van der Waals surface area contributed by atoms with Crippen molar-refractivity contribution in [1.82, 2.24) is 0 Å². The molecular formula is C22H21FN2O3. The Labute approximate surface area is 163 Å². The zero-order valence-corrected chi connectivity index (χ0v) is 15.8. The third-order valence-electron chi connectivity index (χ3n) is 3.91. The van der Waals surface area contributed by atoms with E-state index in [1.807, 2.05) is 38.1 Å². The Kier molecular flexibility index (Phi) is 7.46. The smallest absolute Gasteiger partial charge is 0.331 e. The number of carbonyl (C=O) groups is 2. The highest BCUT2D eigenvalue weighted by molar-refractivity contribution is 5.96. The molecule has 1 amide bonds. The van der Waals surface area contributed by atoms with E-state index in [9.17, 15) is 14.0 Å². The van der Waals surface area contributed by atoms with Gasteiger partial charge in [-0.2, -0.15) is 5.26 Å². The fourth-order valence-electron chi connectivity index (χ4n) is 2.69. The summed E-state index contributed by atoms with van der Waals surface area (Å²) in [6.07, 6.45) is 2.52. The molecule has 0 radical (unpaired) electrons. The van der Waals surface area contributed by atoms with Crippen LogP contribution in [0.15, 0.2) is 48.5 Å². The summed E-state index contributed by atoms with van der Waals surface area (Å²) in [6.45, 7) is 3.55. The molecule has 0 bridgehead atoms. The number of carbonyl (C=O) groups excluding carboxylic acids is 2. The van der Waals surface area contributed by atoms with Crippen LogP contribution in [0.5, 0.6) is 0 Å². The van der Waals surface area contributed by atoms with Crippen LogP contribution in [0.3, 0.4) is 0 Å². The summed E-state index contributed by atoms with van der Waals surface area (Å²) in [4.78, 5) is 25.8. The third-order valence-corrected chi connectivity index (χ3v) is 3.91. The third kappa shape index (κ3) is 6.06. The molecule has 0 aliphatic rings. The molecule has 0 spiro atoms. The monoisotopic (exact) mass is 380 g/mol. The van der Waals surface area contributed by atoms with Crippen molar-refractivity contribution in [2.75, 3.05) is 18.1 Å². The highest BCUT2D eigenvalue weighted by Crippen LogP contribution is 2.19. The minimum atomic E-state index is -0.753. The lowest BCUT2D eigenvalue weighted by atomic mass is 10.1. The molecular weight excluding hydrogens is 359 g/mol. The minimum Gasteiger partial charge on any atom is -0.452 e. The van der Waals surface area contributed by atoms with Crippen LogP contribution in [-0.4, -0.2) is 25.0 Å². The molecule has 0 saturated carbocycles. The predicted octanol–water partition coefficient (Wildman–Crippen LogP) is 3.95. The predicted molar refractivity (Wildman–Crippen MR) is 105 cm³/mol. The van der Waals surface area contributed by atoms with Crippen molar-refractivity contribution in [3.8, 4) is 6.07 Å². The van der Waals surface area contributed by atoms with E-state index < -0.39 is 24.3 Å². The van der Waals surface area contributed by atoms with Gasteiger partial charge in [-0.25, -0.2) is 9.18 Å². The van der Waals surface area contributed by atoms with Gasteiger partial charge >= 0.3 is 5.97 Å². The van der Waals surface area contributed by atoms with Gasteiger partial charge in [-0.15, -0.1) is 0 Å². The van der Waals surface area contributed by atoms with Crippen molar-refractivity contribution in [3.05, 3.63) is 71.0 Å². The lowest BCUT2D eigenvalue weighted by molar-refractivity contribution is -0.142. The van der Waals surface area contributed by atoms with Gasteiger partial charge in [0.1, 0.15) is 5.82 Å². The lowest BCUT2D eigenvalue weighted by Crippen LogP contribution is -2.35. The number of nitrogens with zero attached hydrogens (tertiary/aromatic N) is 2. The number of esters is 1. The zero-order chi connectivity index (χ0) is 20.5. The van der Waals surface area contributed by atoms with E-state index in [0.717, 1.165) is 17.2 Å². The van der Waals surface area contributed by atoms with E-state index in [-0.39, 0.29) is 18.5 Å². The highest BCUT2D eigenvalue weighted by atomic mass is 19.1. The standard InChI is InChI=1S/C22H21FN2O3/c1-16-12-17(2)14-19(13-16)25(11-5-10-24)21(26)15-28-22(27)9-8-18-6-3-4-7-20(18)23/h3-4,6-9,12-14H,5,11,15H2,1-2H3/b9-8+. The largest absolute Gasteiger partial charge is 0.452 e. The molecule has 0 heterocycles. The van der Waals surface area contributed by atoms with Crippen LogP contribution in [-0.2, 0) is 14.3 Å². The molecule has 2 aromatic rings. The van der Waals surface area contributed by atoms with Crippen molar-refractivity contribution in [1.29, 1.82) is 5.26 Å². The first-order valence-corrected chi connectivity index (χ1v) is 8.75. The molecule has 0 saturated heterocycles. The second kappa shape index (κ2) is 10.0. The van der Waals surface area contributed by atoms with Gasteiger partial charge in [0.2, 0.25) is 0 Å². The van der Waals surface area contributed by atoms with E-state index in [0.29, 0.717) is 5.69 Å². The first kappa shape index (κ1) is 20.8. The molecule has 0 atom stereocenters. The van der Waals surface area contributed by atoms with E-state index in [1.165, 1.54) is 23.1 Å². The zero-order valence-electron chi connectivity index (χ0n) is 15.8. The van der Waals surface area contributed by atoms with Crippen LogP contribution in [0.2, 0.25) is 0 Å². The molecule has 0 unspecified atom stereocenters. The number of nitriles is 1. The summed E-state index contributed by atoms with van der Waals surface area (Å²) in [6, 6.07) is 13.7. The molecule has 28 heavy (non-hydrogen) atoms. The van der Waals surface area contributed by atoms with Gasteiger partial charge in [-0.3, -0.25) is 4.79 Å². The van der Waals surface area contributed by atoms with Crippen LogP contribution in [0.1, 0.15) is 23.1 Å². The maximum absolute atomic E-state index is 13.5. The van der Waals surface area contributed by atoms with Gasteiger partial charge in [0.15, 0.2) is 6.61 Å². The minimum absolute atomic E-state index is 0.153. The molecule has 0 fully saturated rings. The van der Waals surface area contributed by atoms with Crippen molar-refractivity contribution < 1.29 is 18.7 Å². The van der Waals surface area contributed by atoms with Crippen molar-refractivity contribution in [2.45, 2.75) is 20.3 Å². The Hall–Kier alpha value is -3.46. The van der Waals surface area contributed by atoms with E-state index in [2.05, 4.69) is 0 Å². The number of aryl methyl sites for hydroxylation is 2. The quantitative estimate of drug-likeness (QED) is 0.539. The lowest BCUT2D eigenvalue weighted by Gasteiger charge is -2.22. The van der Waals surface area contributed by atoms with Crippen molar-refractivity contribution in [2.24, 2.45) is 0 Å². The Morgan fingerprint density at radius 2 is 1.86 bits per heavy atom. The van der Waals surface area contributed by atoms with Crippen LogP contribution in [0, 0.1) is 31.0 Å². The Morgan fingerprint density at radius 3 is 2.50 bits per heavy atom. The summed E-state index contributed by atoms with van der Waals surface area (Å²) in [7, 11) is 0. The number of ether oxygens (including phenoxy) is 1. The van der Waals surface area contributed by atoms with Gasteiger partial charge < -0.3 is 9.64 Å². The van der Waals surface area contributed by atoms with Gasteiger partial charge in [-0.1, -0.05) is 24.3 Å². The normalized spacial score (nSPS) is 10.5. The van der Waals surface area contributed by atoms with E-state index in [4.69, 9.17) is 10.00 Å². The topological polar surface area (TPSA) is 70.4 Å². The van der Waals surface area contributed by atoms with Crippen molar-refractivity contribution in [3.63, 3.8) is 0 Å². The molecule has 2 aromatic carbocycles. The van der Waals surface area contributed by atoms with Crippen LogP contribution in [0.25, 0.3) is 6.08 Å². The maximum Gasteiger partial charge on any atom is 0.331 e.